The lowest BCUT2D eigenvalue weighted by Gasteiger charge is -2.23. The Labute approximate surface area is 194 Å². The molecule has 2 amide bonds. The van der Waals surface area contributed by atoms with Crippen LogP contribution in [0.4, 0.5) is 11.4 Å². The number of ether oxygens (including phenoxy) is 1. The van der Waals surface area contributed by atoms with Crippen LogP contribution in [0, 0.1) is 10.1 Å². The molecule has 2 aromatic carbocycles. The van der Waals surface area contributed by atoms with Crippen molar-refractivity contribution in [3.8, 4) is 0 Å². The largest absolute Gasteiger partial charge is 0.456 e. The van der Waals surface area contributed by atoms with E-state index < -0.39 is 52.7 Å². The summed E-state index contributed by atoms with van der Waals surface area (Å²) in [5, 5.41) is 11.2. The smallest absolute Gasteiger partial charge is 0.326 e. The number of fused-ring (bicyclic) bond motifs is 2. The van der Waals surface area contributed by atoms with E-state index in [2.05, 4.69) is 0 Å². The minimum atomic E-state index is -0.980. The Hall–Kier alpha value is -4.34. The van der Waals surface area contributed by atoms with Crippen molar-refractivity contribution < 1.29 is 28.8 Å². The number of nitro groups is 1. The molecule has 2 aromatic rings. The number of carbonyl (C=O) groups excluding carboxylic acids is 4. The quantitative estimate of drug-likeness (QED) is 0.210. The standard InChI is InChI=1S/C24H21N3O7/c1-24(2)16-8-4-5-9-17(16)25(3)19(24)11-14(28)13-34-20(29)12-26-22(30)15-7-6-10-18(27(32)33)21(15)23(26)31/h4-11H,12-13H2,1-3H3. The molecular formula is C24H21N3O7. The summed E-state index contributed by atoms with van der Waals surface area (Å²) in [5.74, 6) is -3.23. The van der Waals surface area contributed by atoms with Crippen molar-refractivity contribution in [2.75, 3.05) is 25.1 Å². The highest BCUT2D eigenvalue weighted by atomic mass is 16.6. The number of esters is 1. The van der Waals surface area contributed by atoms with E-state index in [-0.39, 0.29) is 11.1 Å². The van der Waals surface area contributed by atoms with E-state index in [4.69, 9.17) is 4.74 Å². The number of rotatable bonds is 6. The minimum absolute atomic E-state index is 0.154. The van der Waals surface area contributed by atoms with E-state index in [1.807, 2.05) is 50.1 Å². The molecule has 174 valence electrons. The summed E-state index contributed by atoms with van der Waals surface area (Å²) in [6.07, 6.45) is 1.42. The SMILES string of the molecule is CN1C(=CC(=O)COC(=O)CN2C(=O)c3cccc([N+](=O)[O-])c3C2=O)C(C)(C)c2ccccc21. The normalized spacial score (nSPS) is 17.1. The van der Waals surface area contributed by atoms with E-state index in [9.17, 15) is 29.3 Å². The molecule has 0 N–H and O–H groups in total. The van der Waals surface area contributed by atoms with Crippen LogP contribution in [0.2, 0.25) is 0 Å². The van der Waals surface area contributed by atoms with Gasteiger partial charge in [-0.05, 0) is 17.7 Å². The highest BCUT2D eigenvalue weighted by Gasteiger charge is 2.42. The van der Waals surface area contributed by atoms with Crippen molar-refractivity contribution in [3.05, 3.63) is 81.0 Å². The summed E-state index contributed by atoms with van der Waals surface area (Å²) in [6.45, 7) is 2.64. The van der Waals surface area contributed by atoms with Gasteiger partial charge >= 0.3 is 5.97 Å². The number of para-hydroxylation sites is 1. The first-order chi connectivity index (χ1) is 16.0. The molecule has 2 aliphatic heterocycles. The van der Waals surface area contributed by atoms with Crippen molar-refractivity contribution in [3.63, 3.8) is 0 Å². The molecule has 0 spiro atoms. The van der Waals surface area contributed by atoms with E-state index >= 15 is 0 Å². The van der Waals surface area contributed by atoms with Crippen LogP contribution in [0.15, 0.2) is 54.2 Å². The molecule has 34 heavy (non-hydrogen) atoms. The number of allylic oxidation sites excluding steroid dienone is 1. The van der Waals surface area contributed by atoms with Crippen LogP contribution in [0.25, 0.3) is 0 Å². The first kappa shape index (κ1) is 22.8. The van der Waals surface area contributed by atoms with E-state index in [1.165, 1.54) is 18.2 Å². The maximum Gasteiger partial charge on any atom is 0.326 e. The summed E-state index contributed by atoms with van der Waals surface area (Å²) in [6, 6.07) is 11.5. The lowest BCUT2D eigenvalue weighted by molar-refractivity contribution is -0.385. The number of imide groups is 1. The molecule has 0 atom stereocenters. The number of hydrogen-bond donors (Lipinski definition) is 0. The third-order valence-electron chi connectivity index (χ3n) is 6.07. The molecule has 0 aromatic heterocycles. The van der Waals surface area contributed by atoms with Crippen LogP contribution < -0.4 is 4.90 Å². The predicted molar refractivity (Wildman–Crippen MR) is 120 cm³/mol. The van der Waals surface area contributed by atoms with E-state index in [0.29, 0.717) is 4.90 Å². The fraction of sp³-hybridized carbons (Fsp3) is 0.250. The average molecular weight is 463 g/mol. The zero-order valence-electron chi connectivity index (χ0n) is 18.7. The van der Waals surface area contributed by atoms with E-state index in [0.717, 1.165) is 23.0 Å². The number of carbonyl (C=O) groups is 4. The van der Waals surface area contributed by atoms with Crippen molar-refractivity contribution >= 4 is 34.9 Å². The molecular weight excluding hydrogens is 442 g/mol. The third-order valence-corrected chi connectivity index (χ3v) is 6.07. The number of likely N-dealkylation sites (N-methyl/N-ethyl adjacent to an activating group) is 1. The second kappa shape index (κ2) is 8.22. The van der Waals surface area contributed by atoms with Gasteiger partial charge in [0.25, 0.3) is 17.5 Å². The summed E-state index contributed by atoms with van der Waals surface area (Å²) >= 11 is 0. The lowest BCUT2D eigenvalue weighted by Crippen LogP contribution is -2.36. The highest BCUT2D eigenvalue weighted by Crippen LogP contribution is 2.46. The molecule has 0 fully saturated rings. The van der Waals surface area contributed by atoms with E-state index in [1.54, 1.807) is 0 Å². The zero-order chi connectivity index (χ0) is 24.8. The maximum atomic E-state index is 12.6. The van der Waals surface area contributed by atoms with Gasteiger partial charge in [-0.2, -0.15) is 0 Å². The Balaban J connectivity index is 1.42. The number of anilines is 1. The van der Waals surface area contributed by atoms with Gasteiger partial charge in [-0.15, -0.1) is 0 Å². The fourth-order valence-electron chi connectivity index (χ4n) is 4.39. The maximum absolute atomic E-state index is 12.6. The number of benzene rings is 2. The molecule has 10 nitrogen and oxygen atoms in total. The topological polar surface area (TPSA) is 127 Å². The van der Waals surface area contributed by atoms with Gasteiger partial charge in [0.2, 0.25) is 0 Å². The summed E-state index contributed by atoms with van der Waals surface area (Å²) in [5.41, 5.74) is 1.31. The average Bonchev–Trinajstić information content (AvgIpc) is 3.15. The number of hydrogen-bond acceptors (Lipinski definition) is 8. The van der Waals surface area contributed by atoms with Crippen LogP contribution in [0.3, 0.4) is 0 Å². The molecule has 2 heterocycles. The van der Waals surface area contributed by atoms with Gasteiger partial charge in [0, 0.05) is 36.0 Å². The number of ketones is 1. The van der Waals surface area contributed by atoms with Gasteiger partial charge in [-0.25, -0.2) is 0 Å². The molecule has 10 heteroatoms. The Bertz CT molecular complexity index is 1300. The Morgan fingerprint density at radius 3 is 2.47 bits per heavy atom. The molecule has 0 saturated heterocycles. The van der Waals surface area contributed by atoms with Gasteiger partial charge in [0.1, 0.15) is 12.1 Å². The van der Waals surface area contributed by atoms with Gasteiger partial charge in [-0.3, -0.25) is 34.2 Å². The van der Waals surface area contributed by atoms with Crippen LogP contribution in [-0.4, -0.2) is 53.6 Å². The number of nitrogens with zero attached hydrogens (tertiary/aromatic N) is 3. The number of amides is 2. The van der Waals surface area contributed by atoms with Gasteiger partial charge in [0.15, 0.2) is 12.4 Å². The second-order valence-corrected chi connectivity index (χ2v) is 8.51. The third kappa shape index (κ3) is 3.62. The Morgan fingerprint density at radius 1 is 1.09 bits per heavy atom. The fourth-order valence-corrected chi connectivity index (χ4v) is 4.39. The monoisotopic (exact) mass is 463 g/mol. The van der Waals surface area contributed by atoms with Crippen LogP contribution in [0.5, 0.6) is 0 Å². The summed E-state index contributed by atoms with van der Waals surface area (Å²) in [4.78, 5) is 62.8. The van der Waals surface area contributed by atoms with Gasteiger partial charge < -0.3 is 9.64 Å². The Morgan fingerprint density at radius 2 is 1.79 bits per heavy atom. The Kier molecular flexibility index (Phi) is 5.52. The van der Waals surface area contributed by atoms with Crippen LogP contribution >= 0.6 is 0 Å². The van der Waals surface area contributed by atoms with Crippen molar-refractivity contribution in [2.24, 2.45) is 0 Å². The highest BCUT2D eigenvalue weighted by molar-refractivity contribution is 6.24. The van der Waals surface area contributed by atoms with Crippen molar-refractivity contribution in [1.29, 1.82) is 0 Å². The molecule has 0 radical (unpaired) electrons. The summed E-state index contributed by atoms with van der Waals surface area (Å²) in [7, 11) is 1.85. The van der Waals surface area contributed by atoms with Gasteiger partial charge in [-0.1, -0.05) is 38.1 Å². The predicted octanol–water partition coefficient (Wildman–Crippen LogP) is 2.61. The van der Waals surface area contributed by atoms with Crippen LogP contribution in [0.1, 0.15) is 40.1 Å². The summed E-state index contributed by atoms with van der Waals surface area (Å²) < 4.78 is 5.00. The lowest BCUT2D eigenvalue weighted by atomic mass is 9.83. The molecule has 0 unspecified atom stereocenters. The van der Waals surface area contributed by atoms with Crippen molar-refractivity contribution in [2.45, 2.75) is 19.3 Å². The first-order valence-corrected chi connectivity index (χ1v) is 10.4. The van der Waals surface area contributed by atoms with Gasteiger partial charge in [0.05, 0.1) is 10.5 Å². The number of nitro benzene ring substituents is 1. The molecule has 0 saturated carbocycles. The molecule has 2 aliphatic rings. The molecule has 4 rings (SSSR count). The van der Waals surface area contributed by atoms with Crippen LogP contribution in [-0.2, 0) is 19.7 Å². The molecule has 0 aliphatic carbocycles. The second-order valence-electron chi connectivity index (χ2n) is 8.51. The first-order valence-electron chi connectivity index (χ1n) is 10.4. The zero-order valence-corrected chi connectivity index (χ0v) is 18.7. The molecule has 0 bridgehead atoms. The van der Waals surface area contributed by atoms with Crippen molar-refractivity contribution in [1.82, 2.24) is 4.90 Å². The minimum Gasteiger partial charge on any atom is -0.456 e.